The maximum Gasteiger partial charge on any atom is 0.233 e. The van der Waals surface area contributed by atoms with E-state index in [4.69, 9.17) is 0 Å². The second kappa shape index (κ2) is 9.15. The third kappa shape index (κ3) is 3.58. The summed E-state index contributed by atoms with van der Waals surface area (Å²) in [6.07, 6.45) is 8.74. The summed E-state index contributed by atoms with van der Waals surface area (Å²) in [6, 6.07) is 0. The number of carbonyl (C=O) groups is 2. The third-order valence-electron chi connectivity index (χ3n) is 14.6. The lowest BCUT2D eigenvalue weighted by Crippen LogP contribution is -2.66. The molecule has 1 aliphatic heterocycles. The van der Waals surface area contributed by atoms with Crippen LogP contribution >= 0.6 is 0 Å². The molecule has 5 nitrogen and oxygen atoms in total. The lowest BCUT2D eigenvalue weighted by molar-refractivity contribution is -0.228. The highest BCUT2D eigenvalue weighted by Crippen LogP contribution is 2.76. The van der Waals surface area contributed by atoms with Gasteiger partial charge in [-0.25, -0.2) is 0 Å². The maximum absolute atomic E-state index is 14.6. The van der Waals surface area contributed by atoms with Crippen LogP contribution in [-0.2, 0) is 9.59 Å². The van der Waals surface area contributed by atoms with Crippen LogP contribution in [0.2, 0.25) is 0 Å². The van der Waals surface area contributed by atoms with Crippen LogP contribution in [0.1, 0.15) is 106 Å². The van der Waals surface area contributed by atoms with E-state index in [1.165, 1.54) is 24.8 Å². The van der Waals surface area contributed by atoms with Gasteiger partial charge in [-0.1, -0.05) is 48.5 Å². The first kappa shape index (κ1) is 28.9. The largest absolute Gasteiger partial charge is 0.393 e. The Morgan fingerprint density at radius 2 is 1.52 bits per heavy atom. The summed E-state index contributed by atoms with van der Waals surface area (Å²) in [5, 5.41) is 11.0. The molecule has 224 valence electrons. The predicted molar refractivity (Wildman–Crippen MR) is 160 cm³/mol. The zero-order valence-corrected chi connectivity index (χ0v) is 26.7. The molecule has 0 bridgehead atoms. The van der Waals surface area contributed by atoms with Crippen molar-refractivity contribution in [3.8, 4) is 0 Å². The molecule has 6 aliphatic rings. The summed E-state index contributed by atoms with van der Waals surface area (Å²) in [7, 11) is 2.13. The number of nitrogens with zero attached hydrogens (tertiary/aromatic N) is 2. The van der Waals surface area contributed by atoms with Crippen molar-refractivity contribution >= 4 is 11.7 Å². The van der Waals surface area contributed by atoms with E-state index in [0.29, 0.717) is 24.2 Å². The Labute approximate surface area is 243 Å². The number of ketones is 1. The molecule has 1 heterocycles. The normalized spacial score (nSPS) is 47.0. The molecule has 40 heavy (non-hydrogen) atoms. The molecule has 4 saturated carbocycles. The molecule has 0 radical (unpaired) electrons. The Kier molecular flexibility index (Phi) is 6.61. The predicted octanol–water partition coefficient (Wildman–Crippen LogP) is 6.10. The number of Topliss-reactive ketones (excluding diaryl/α,β-unsaturated/α-hetero) is 1. The highest BCUT2D eigenvalue weighted by Gasteiger charge is 2.71. The maximum atomic E-state index is 14.6. The lowest BCUT2D eigenvalue weighted by atomic mass is 9.33. The molecule has 0 spiro atoms. The summed E-state index contributed by atoms with van der Waals surface area (Å²) in [5.41, 5.74) is 2.12. The Balaban J connectivity index is 1.42. The van der Waals surface area contributed by atoms with Crippen molar-refractivity contribution in [3.63, 3.8) is 0 Å². The number of amides is 1. The molecule has 6 rings (SSSR count). The van der Waals surface area contributed by atoms with Crippen LogP contribution in [0.3, 0.4) is 0 Å². The van der Waals surface area contributed by atoms with E-state index in [1.807, 2.05) is 0 Å². The lowest BCUT2D eigenvalue weighted by Gasteiger charge is -2.72. The number of allylic oxidation sites excluding steroid dienone is 1. The fourth-order valence-corrected chi connectivity index (χ4v) is 12.2. The number of aliphatic hydroxyl groups excluding tert-OH is 1. The molecule has 0 aromatic rings. The van der Waals surface area contributed by atoms with Gasteiger partial charge in [-0.15, -0.1) is 0 Å². The van der Waals surface area contributed by atoms with Crippen molar-refractivity contribution in [2.45, 2.75) is 112 Å². The smallest absolute Gasteiger partial charge is 0.233 e. The molecule has 5 heteroatoms. The first-order chi connectivity index (χ1) is 18.6. The van der Waals surface area contributed by atoms with Crippen LogP contribution in [0.15, 0.2) is 11.1 Å². The van der Waals surface area contributed by atoms with Crippen molar-refractivity contribution in [3.05, 3.63) is 11.1 Å². The van der Waals surface area contributed by atoms with Gasteiger partial charge >= 0.3 is 0 Å². The van der Waals surface area contributed by atoms with Gasteiger partial charge in [-0.2, -0.15) is 0 Å². The standard InChI is InChI=1S/C35H56N2O3/c1-22(2)28-24(38)21-35(30(40)37-19-17-36(8)18-20-37)16-15-33(6)23(29(28)35)9-10-26-32(5)13-12-27(39)31(3,4)25(32)11-14-34(26,33)7/h22-23,25-27,39H,9-21H2,1-8H3/t23?,25?,26?,27-,32-,33+,34+,35+/m0/s1. The Morgan fingerprint density at radius 1 is 0.850 bits per heavy atom. The highest BCUT2D eigenvalue weighted by atomic mass is 16.3. The fourth-order valence-electron chi connectivity index (χ4n) is 12.2. The molecular formula is C35H56N2O3. The molecule has 3 unspecified atom stereocenters. The second-order valence-electron chi connectivity index (χ2n) is 16.7. The van der Waals surface area contributed by atoms with E-state index in [1.54, 1.807) is 0 Å². The molecule has 1 amide bonds. The Morgan fingerprint density at radius 3 is 2.17 bits per heavy atom. The molecule has 5 fully saturated rings. The number of likely N-dealkylation sites (N-methyl/N-ethyl adjacent to an activating group) is 1. The molecule has 1 saturated heterocycles. The number of piperazine rings is 1. The summed E-state index contributed by atoms with van der Waals surface area (Å²) in [5.74, 6) is 2.14. The van der Waals surface area contributed by atoms with Crippen molar-refractivity contribution in [2.24, 2.45) is 50.7 Å². The van der Waals surface area contributed by atoms with Crippen LogP contribution < -0.4 is 0 Å². The summed E-state index contributed by atoms with van der Waals surface area (Å²) >= 11 is 0. The minimum absolute atomic E-state index is 0.0477. The zero-order valence-electron chi connectivity index (χ0n) is 26.7. The minimum Gasteiger partial charge on any atom is -0.393 e. The minimum atomic E-state index is -0.613. The molecule has 5 aliphatic carbocycles. The topological polar surface area (TPSA) is 60.9 Å². The SMILES string of the molecule is CC(C)C1=C2C3CCC4[C@@]5(C)CC[C@H](O)C(C)(C)C5CC[C@@]4(C)[C@]3(C)CC[C@@]2(C(=O)N2CCN(C)CC2)CC1=O. The van der Waals surface area contributed by atoms with Crippen molar-refractivity contribution in [1.82, 2.24) is 9.80 Å². The van der Waals surface area contributed by atoms with Gasteiger partial charge in [0.25, 0.3) is 0 Å². The van der Waals surface area contributed by atoms with Crippen molar-refractivity contribution < 1.29 is 14.7 Å². The Hall–Kier alpha value is -1.20. The van der Waals surface area contributed by atoms with E-state index < -0.39 is 5.41 Å². The van der Waals surface area contributed by atoms with Gasteiger partial charge in [0.15, 0.2) is 5.78 Å². The van der Waals surface area contributed by atoms with Gasteiger partial charge in [0, 0.05) is 32.6 Å². The van der Waals surface area contributed by atoms with Crippen LogP contribution in [0, 0.1) is 50.7 Å². The second-order valence-corrected chi connectivity index (χ2v) is 16.7. The fraction of sp³-hybridized carbons (Fsp3) is 0.886. The van der Waals surface area contributed by atoms with Crippen LogP contribution in [0.25, 0.3) is 0 Å². The van der Waals surface area contributed by atoms with Gasteiger partial charge in [0.1, 0.15) is 0 Å². The number of aliphatic hydroxyl groups is 1. The monoisotopic (exact) mass is 552 g/mol. The average Bonchev–Trinajstić information content (AvgIpc) is 3.20. The first-order valence-electron chi connectivity index (χ1n) is 16.6. The van der Waals surface area contributed by atoms with Crippen LogP contribution in [-0.4, -0.2) is 65.9 Å². The average molecular weight is 553 g/mol. The van der Waals surface area contributed by atoms with Crippen LogP contribution in [0.4, 0.5) is 0 Å². The van der Waals surface area contributed by atoms with Gasteiger partial charge in [-0.3, -0.25) is 9.59 Å². The van der Waals surface area contributed by atoms with Gasteiger partial charge < -0.3 is 14.9 Å². The zero-order chi connectivity index (χ0) is 29.0. The van der Waals surface area contributed by atoms with Crippen molar-refractivity contribution in [2.75, 3.05) is 33.2 Å². The van der Waals surface area contributed by atoms with E-state index in [2.05, 4.69) is 65.3 Å². The van der Waals surface area contributed by atoms with Gasteiger partial charge in [0.2, 0.25) is 5.91 Å². The number of carbonyl (C=O) groups excluding carboxylic acids is 2. The molecule has 0 aromatic heterocycles. The Bertz CT molecular complexity index is 1120. The molecular weight excluding hydrogens is 496 g/mol. The highest BCUT2D eigenvalue weighted by molar-refractivity contribution is 6.07. The number of hydrogen-bond acceptors (Lipinski definition) is 4. The third-order valence-corrected chi connectivity index (χ3v) is 14.6. The van der Waals surface area contributed by atoms with E-state index in [0.717, 1.165) is 63.9 Å². The summed E-state index contributed by atoms with van der Waals surface area (Å²) < 4.78 is 0. The van der Waals surface area contributed by atoms with Gasteiger partial charge in [0.05, 0.1) is 11.5 Å². The molecule has 0 aromatic carbocycles. The van der Waals surface area contributed by atoms with Crippen LogP contribution in [0.5, 0.6) is 0 Å². The summed E-state index contributed by atoms with van der Waals surface area (Å²) in [6.45, 7) is 20.1. The first-order valence-corrected chi connectivity index (χ1v) is 16.6. The molecule has 1 N–H and O–H groups in total. The quantitative estimate of drug-likeness (QED) is 0.450. The number of hydrogen-bond donors (Lipinski definition) is 1. The van der Waals surface area contributed by atoms with E-state index in [-0.39, 0.29) is 45.4 Å². The van der Waals surface area contributed by atoms with Crippen molar-refractivity contribution in [1.29, 1.82) is 0 Å². The number of rotatable bonds is 2. The number of fused-ring (bicyclic) bond motifs is 7. The molecule has 8 atom stereocenters. The van der Waals surface area contributed by atoms with E-state index in [9.17, 15) is 14.7 Å². The summed E-state index contributed by atoms with van der Waals surface area (Å²) in [4.78, 5) is 32.8. The van der Waals surface area contributed by atoms with Gasteiger partial charge in [-0.05, 0) is 115 Å². The van der Waals surface area contributed by atoms with E-state index >= 15 is 0 Å².